The van der Waals surface area contributed by atoms with Crippen LogP contribution in [0.1, 0.15) is 18.4 Å². The van der Waals surface area contributed by atoms with Crippen molar-refractivity contribution in [3.8, 4) is 5.88 Å². The SMILES string of the molecule is O=C(CCC(=O)N1CCSc2ccccc21)NCc1cccnc1OCC(F)(F)F. The van der Waals surface area contributed by atoms with Gasteiger partial charge >= 0.3 is 6.18 Å². The molecule has 0 fully saturated rings. The number of pyridine rings is 1. The number of amides is 2. The van der Waals surface area contributed by atoms with Crippen LogP contribution in [0.4, 0.5) is 18.9 Å². The number of hydrogen-bond donors (Lipinski definition) is 1. The lowest BCUT2D eigenvalue weighted by atomic mass is 10.2. The Labute approximate surface area is 175 Å². The second kappa shape index (κ2) is 9.84. The standard InChI is InChI=1S/C20H20F3N3O3S/c21-20(22,23)13-29-19-14(4-3-9-24-19)12-25-17(27)7-8-18(28)26-10-11-30-16-6-2-1-5-15(16)26/h1-6,9H,7-8,10-13H2,(H,25,27). The largest absolute Gasteiger partial charge is 0.468 e. The highest BCUT2D eigenvalue weighted by Gasteiger charge is 2.29. The van der Waals surface area contributed by atoms with Crippen molar-refractivity contribution in [2.75, 3.05) is 23.8 Å². The summed E-state index contributed by atoms with van der Waals surface area (Å²) in [6, 6.07) is 10.7. The average Bonchev–Trinajstić information content (AvgIpc) is 2.74. The number of carbonyl (C=O) groups excluding carboxylic acids is 2. The van der Waals surface area contributed by atoms with Crippen molar-refractivity contribution in [3.05, 3.63) is 48.2 Å². The summed E-state index contributed by atoms with van der Waals surface area (Å²) in [7, 11) is 0. The number of ether oxygens (including phenoxy) is 1. The molecule has 1 aromatic carbocycles. The number of thioether (sulfide) groups is 1. The van der Waals surface area contributed by atoms with Crippen LogP contribution in [0.5, 0.6) is 5.88 Å². The Morgan fingerprint density at radius 2 is 1.97 bits per heavy atom. The normalized spacial score (nSPS) is 13.5. The van der Waals surface area contributed by atoms with Gasteiger partial charge in [-0.3, -0.25) is 9.59 Å². The van der Waals surface area contributed by atoms with Gasteiger partial charge in [-0.05, 0) is 18.2 Å². The monoisotopic (exact) mass is 439 g/mol. The minimum absolute atomic E-state index is 0.0242. The fourth-order valence-corrected chi connectivity index (χ4v) is 3.90. The van der Waals surface area contributed by atoms with Gasteiger partial charge in [-0.2, -0.15) is 13.2 Å². The second-order valence-corrected chi connectivity index (χ2v) is 7.65. The molecular weight excluding hydrogens is 419 g/mol. The van der Waals surface area contributed by atoms with Crippen LogP contribution in [-0.4, -0.2) is 41.9 Å². The van der Waals surface area contributed by atoms with Crippen molar-refractivity contribution in [3.63, 3.8) is 0 Å². The molecule has 2 amide bonds. The van der Waals surface area contributed by atoms with Crippen LogP contribution >= 0.6 is 11.8 Å². The van der Waals surface area contributed by atoms with Crippen LogP contribution in [0.25, 0.3) is 0 Å². The number of hydrogen-bond acceptors (Lipinski definition) is 5. The second-order valence-electron chi connectivity index (χ2n) is 6.51. The summed E-state index contributed by atoms with van der Waals surface area (Å²) >= 11 is 1.69. The third kappa shape index (κ3) is 6.12. The molecule has 0 atom stereocenters. The zero-order valence-corrected chi connectivity index (χ0v) is 16.8. The molecule has 2 heterocycles. The molecule has 0 aliphatic carbocycles. The highest BCUT2D eigenvalue weighted by atomic mass is 32.2. The number of carbonyl (C=O) groups is 2. The number of para-hydroxylation sites is 1. The Morgan fingerprint density at radius 1 is 1.17 bits per heavy atom. The van der Waals surface area contributed by atoms with Crippen molar-refractivity contribution in [2.24, 2.45) is 0 Å². The third-order valence-electron chi connectivity index (χ3n) is 4.29. The minimum Gasteiger partial charge on any atom is -0.468 e. The zero-order valence-electron chi connectivity index (χ0n) is 15.9. The van der Waals surface area contributed by atoms with Gasteiger partial charge < -0.3 is 15.0 Å². The molecule has 3 rings (SSSR count). The minimum atomic E-state index is -4.48. The quantitative estimate of drug-likeness (QED) is 0.714. The van der Waals surface area contributed by atoms with E-state index in [4.69, 9.17) is 4.74 Å². The van der Waals surface area contributed by atoms with E-state index in [-0.39, 0.29) is 37.1 Å². The van der Waals surface area contributed by atoms with Gasteiger partial charge in [0.2, 0.25) is 17.7 Å². The third-order valence-corrected chi connectivity index (χ3v) is 5.34. The summed E-state index contributed by atoms with van der Waals surface area (Å²) in [5.41, 5.74) is 1.17. The predicted molar refractivity (Wildman–Crippen MR) is 106 cm³/mol. The maximum Gasteiger partial charge on any atom is 0.422 e. The maximum absolute atomic E-state index is 12.6. The first kappa shape index (κ1) is 21.9. The number of nitrogens with one attached hydrogen (secondary N) is 1. The van der Waals surface area contributed by atoms with Gasteiger partial charge in [-0.25, -0.2) is 4.98 Å². The number of fused-ring (bicyclic) bond motifs is 1. The van der Waals surface area contributed by atoms with Gasteiger partial charge in [0.15, 0.2) is 6.61 Å². The molecule has 0 unspecified atom stereocenters. The predicted octanol–water partition coefficient (Wildman–Crippen LogP) is 3.56. The van der Waals surface area contributed by atoms with Crippen LogP contribution in [0, 0.1) is 0 Å². The first-order chi connectivity index (χ1) is 14.3. The van der Waals surface area contributed by atoms with E-state index in [1.165, 1.54) is 18.3 Å². The number of halogens is 3. The van der Waals surface area contributed by atoms with Gasteiger partial charge in [-0.1, -0.05) is 18.2 Å². The first-order valence-corrected chi connectivity index (χ1v) is 10.2. The molecule has 1 aromatic heterocycles. The molecule has 0 radical (unpaired) electrons. The van der Waals surface area contributed by atoms with Crippen molar-refractivity contribution >= 4 is 29.3 Å². The van der Waals surface area contributed by atoms with Gasteiger partial charge in [0.05, 0.1) is 5.69 Å². The van der Waals surface area contributed by atoms with Crippen LogP contribution < -0.4 is 15.0 Å². The Morgan fingerprint density at radius 3 is 2.77 bits per heavy atom. The Kier molecular flexibility index (Phi) is 7.20. The molecule has 1 aliphatic heterocycles. The van der Waals surface area contributed by atoms with E-state index in [1.54, 1.807) is 16.7 Å². The summed E-state index contributed by atoms with van der Waals surface area (Å²) in [5.74, 6) is 0.0761. The Balaban J connectivity index is 1.50. The van der Waals surface area contributed by atoms with Crippen LogP contribution in [0.15, 0.2) is 47.5 Å². The van der Waals surface area contributed by atoms with Crippen LogP contribution in [-0.2, 0) is 16.1 Å². The molecule has 1 aliphatic rings. The van der Waals surface area contributed by atoms with Gasteiger partial charge in [0.25, 0.3) is 0 Å². The average molecular weight is 439 g/mol. The van der Waals surface area contributed by atoms with Crippen molar-refractivity contribution < 1.29 is 27.5 Å². The summed E-state index contributed by atoms with van der Waals surface area (Å²) in [6.45, 7) is -0.927. The zero-order chi connectivity index (χ0) is 21.6. The lowest BCUT2D eigenvalue weighted by Crippen LogP contribution is -2.36. The van der Waals surface area contributed by atoms with Crippen LogP contribution in [0.2, 0.25) is 0 Å². The first-order valence-electron chi connectivity index (χ1n) is 9.26. The van der Waals surface area contributed by atoms with E-state index in [9.17, 15) is 22.8 Å². The van der Waals surface area contributed by atoms with E-state index < -0.39 is 12.8 Å². The van der Waals surface area contributed by atoms with E-state index in [0.29, 0.717) is 12.1 Å². The number of aromatic nitrogens is 1. The summed E-state index contributed by atoms with van der Waals surface area (Å²) < 4.78 is 41.7. The summed E-state index contributed by atoms with van der Waals surface area (Å²) in [4.78, 5) is 31.2. The number of nitrogens with zero attached hydrogens (tertiary/aromatic N) is 2. The van der Waals surface area contributed by atoms with E-state index in [1.807, 2.05) is 24.3 Å². The number of rotatable bonds is 7. The molecule has 10 heteroatoms. The summed E-state index contributed by atoms with van der Waals surface area (Å²) in [5, 5.41) is 2.60. The van der Waals surface area contributed by atoms with E-state index >= 15 is 0 Å². The van der Waals surface area contributed by atoms with E-state index in [2.05, 4.69) is 10.3 Å². The summed E-state index contributed by atoms with van der Waals surface area (Å²) in [6.07, 6.45) is -3.16. The van der Waals surface area contributed by atoms with Gasteiger partial charge in [0.1, 0.15) is 0 Å². The molecule has 6 nitrogen and oxygen atoms in total. The molecular formula is C20H20F3N3O3S. The highest BCUT2D eigenvalue weighted by molar-refractivity contribution is 7.99. The van der Waals surface area contributed by atoms with Gasteiger partial charge in [0, 0.05) is 48.3 Å². The molecule has 30 heavy (non-hydrogen) atoms. The topological polar surface area (TPSA) is 71.5 Å². The molecule has 0 saturated carbocycles. The van der Waals surface area contributed by atoms with Crippen molar-refractivity contribution in [1.29, 1.82) is 0 Å². The lowest BCUT2D eigenvalue weighted by Gasteiger charge is -2.29. The Hall–Kier alpha value is -2.75. The highest BCUT2D eigenvalue weighted by Crippen LogP contribution is 2.34. The maximum atomic E-state index is 12.6. The smallest absolute Gasteiger partial charge is 0.422 e. The molecule has 0 saturated heterocycles. The Bertz CT molecular complexity index is 908. The molecule has 2 aromatic rings. The lowest BCUT2D eigenvalue weighted by molar-refractivity contribution is -0.154. The number of alkyl halides is 3. The molecule has 1 N–H and O–H groups in total. The molecule has 160 valence electrons. The van der Waals surface area contributed by atoms with Gasteiger partial charge in [-0.15, -0.1) is 11.8 Å². The fraction of sp³-hybridized carbons (Fsp3) is 0.350. The molecule has 0 spiro atoms. The van der Waals surface area contributed by atoms with Crippen LogP contribution in [0.3, 0.4) is 0 Å². The number of benzene rings is 1. The fourth-order valence-electron chi connectivity index (χ4n) is 2.91. The van der Waals surface area contributed by atoms with Crippen molar-refractivity contribution in [1.82, 2.24) is 10.3 Å². The van der Waals surface area contributed by atoms with E-state index in [0.717, 1.165) is 16.3 Å². The number of anilines is 1. The van der Waals surface area contributed by atoms with Crippen molar-refractivity contribution in [2.45, 2.75) is 30.5 Å². The molecule has 0 bridgehead atoms.